The number of rotatable bonds is 11. The summed E-state index contributed by atoms with van der Waals surface area (Å²) >= 11 is 0. The lowest BCUT2D eigenvalue weighted by molar-refractivity contribution is 0.00924. The van der Waals surface area contributed by atoms with Gasteiger partial charge in [0.25, 0.3) is 0 Å². The fraction of sp³-hybridized carbons (Fsp3) is 0.667. The number of hydrogen-bond donors (Lipinski definition) is 2. The minimum absolute atomic E-state index is 0.00232. The molecule has 0 aromatic heterocycles. The van der Waals surface area contributed by atoms with Crippen molar-refractivity contribution in [3.05, 3.63) is 89.8 Å². The molecule has 8 atom stereocenters. The van der Waals surface area contributed by atoms with Gasteiger partial charge in [-0.25, -0.2) is 0 Å². The molecule has 1 heterocycles. The van der Waals surface area contributed by atoms with E-state index in [-0.39, 0.29) is 39.3 Å². The van der Waals surface area contributed by atoms with Crippen molar-refractivity contribution in [3.63, 3.8) is 0 Å². The second kappa shape index (κ2) is 15.5. The van der Waals surface area contributed by atoms with Crippen LogP contribution < -0.4 is 5.32 Å². The Morgan fingerprint density at radius 2 is 1.58 bits per heavy atom. The molecule has 0 bridgehead atoms. The van der Waals surface area contributed by atoms with Gasteiger partial charge < -0.3 is 24.0 Å². The highest BCUT2D eigenvalue weighted by Crippen LogP contribution is 2.60. The number of ether oxygens (including phenoxy) is 1. The smallest absolute Gasteiger partial charge is 0.192 e. The highest BCUT2D eigenvalue weighted by atomic mass is 28.4. The predicted octanol–water partition coefficient (Wildman–Crippen LogP) is 12.5. The number of aliphatic hydroxyl groups is 1. The number of benzene rings is 1. The average molecular weight is 786 g/mol. The van der Waals surface area contributed by atoms with Crippen LogP contribution in [-0.4, -0.2) is 46.3 Å². The fourth-order valence-electron chi connectivity index (χ4n) is 9.77. The van der Waals surface area contributed by atoms with Gasteiger partial charge in [-0.3, -0.25) is 0 Å². The third kappa shape index (κ3) is 8.67. The zero-order chi connectivity index (χ0) is 40.2. The highest BCUT2D eigenvalue weighted by molar-refractivity contribution is 6.74. The van der Waals surface area contributed by atoms with Crippen LogP contribution in [-0.2, 0) is 13.6 Å². The largest absolute Gasteiger partial charge is 0.475 e. The van der Waals surface area contributed by atoms with Crippen molar-refractivity contribution in [1.29, 1.82) is 0 Å². The third-order valence-electron chi connectivity index (χ3n) is 15.6. The van der Waals surface area contributed by atoms with Crippen LogP contribution in [0.5, 0.6) is 0 Å². The summed E-state index contributed by atoms with van der Waals surface area (Å²) in [6.45, 7) is 33.2. The molecule has 6 rings (SSSR count). The topological polar surface area (TPSA) is 60.0 Å². The van der Waals surface area contributed by atoms with Crippen LogP contribution in [0, 0.1) is 28.6 Å². The Labute approximate surface area is 337 Å². The van der Waals surface area contributed by atoms with E-state index in [1.807, 2.05) is 24.5 Å². The Balaban J connectivity index is 1.15. The summed E-state index contributed by atoms with van der Waals surface area (Å²) < 4.78 is 20.4. The number of allylic oxidation sites excluding steroid dienone is 4. The first-order valence-electron chi connectivity index (χ1n) is 21.6. The van der Waals surface area contributed by atoms with Gasteiger partial charge in [-0.05, 0) is 122 Å². The quantitative estimate of drug-likeness (QED) is 0.173. The van der Waals surface area contributed by atoms with Crippen LogP contribution in [0.3, 0.4) is 0 Å². The minimum Gasteiger partial charge on any atom is -0.475 e. The lowest BCUT2D eigenvalue weighted by Crippen LogP contribution is -2.49. The molecule has 4 fully saturated rings. The van der Waals surface area contributed by atoms with Crippen LogP contribution in [0.2, 0.25) is 36.3 Å². The molecule has 0 saturated heterocycles. The summed E-state index contributed by atoms with van der Waals surface area (Å²) in [7, 11) is -3.98. The van der Waals surface area contributed by atoms with Crippen LogP contribution in [0.15, 0.2) is 84.2 Å². The molecular formula is C48H75NO4Si2. The molecule has 7 heteroatoms. The van der Waals surface area contributed by atoms with E-state index in [0.717, 1.165) is 42.5 Å². The Hall–Kier alpha value is -2.17. The summed E-state index contributed by atoms with van der Waals surface area (Å²) in [5.41, 5.74) is 6.19. The van der Waals surface area contributed by atoms with Gasteiger partial charge in [0.1, 0.15) is 6.26 Å². The van der Waals surface area contributed by atoms with E-state index in [9.17, 15) is 5.11 Å². The normalized spacial score (nSPS) is 32.6. The number of fused-ring (bicyclic) bond motifs is 1. The molecule has 5 nitrogen and oxygen atoms in total. The first-order chi connectivity index (χ1) is 25.6. The van der Waals surface area contributed by atoms with E-state index in [2.05, 4.69) is 123 Å². The lowest BCUT2D eigenvalue weighted by Gasteiger charge is -2.45. The fourth-order valence-corrected chi connectivity index (χ4v) is 12.4. The molecule has 2 N–H and O–H groups in total. The van der Waals surface area contributed by atoms with Gasteiger partial charge in [-0.1, -0.05) is 122 Å². The number of nitrogens with one attached hydrogen (secondary N) is 1. The van der Waals surface area contributed by atoms with Crippen molar-refractivity contribution in [1.82, 2.24) is 5.32 Å². The van der Waals surface area contributed by atoms with Crippen molar-refractivity contribution in [2.24, 2.45) is 28.6 Å². The molecule has 1 aromatic rings. The van der Waals surface area contributed by atoms with Gasteiger partial charge in [0.15, 0.2) is 22.9 Å². The molecule has 0 radical (unpaired) electrons. The van der Waals surface area contributed by atoms with E-state index in [1.165, 1.54) is 37.7 Å². The van der Waals surface area contributed by atoms with E-state index < -0.39 is 22.7 Å². The highest BCUT2D eigenvalue weighted by Gasteiger charge is 2.57. The summed E-state index contributed by atoms with van der Waals surface area (Å²) in [4.78, 5) is 0. The third-order valence-corrected chi connectivity index (χ3v) is 24.7. The maximum atomic E-state index is 11.6. The Morgan fingerprint density at radius 1 is 0.927 bits per heavy atom. The molecule has 1 aliphatic heterocycles. The van der Waals surface area contributed by atoms with Crippen molar-refractivity contribution in [2.75, 3.05) is 0 Å². The maximum Gasteiger partial charge on any atom is 0.192 e. The van der Waals surface area contributed by atoms with Gasteiger partial charge in [0, 0.05) is 12.0 Å². The second-order valence-corrected chi connectivity index (χ2v) is 30.9. The number of aliphatic hydroxyl groups excluding tert-OH is 1. The van der Waals surface area contributed by atoms with Crippen molar-refractivity contribution < 1.29 is 18.7 Å². The van der Waals surface area contributed by atoms with Crippen molar-refractivity contribution in [3.8, 4) is 0 Å². The van der Waals surface area contributed by atoms with Crippen LogP contribution in [0.1, 0.15) is 119 Å². The molecule has 4 saturated carbocycles. The monoisotopic (exact) mass is 786 g/mol. The lowest BCUT2D eigenvalue weighted by atomic mass is 9.61. The molecule has 55 heavy (non-hydrogen) atoms. The summed E-state index contributed by atoms with van der Waals surface area (Å²) in [5.74, 6) is 1.58. The second-order valence-electron chi connectivity index (χ2n) is 21.3. The molecule has 1 aromatic carbocycles. The molecule has 304 valence electrons. The van der Waals surface area contributed by atoms with Crippen molar-refractivity contribution in [2.45, 2.75) is 174 Å². The van der Waals surface area contributed by atoms with Gasteiger partial charge >= 0.3 is 0 Å². The Bertz CT molecular complexity index is 1670. The molecule has 5 aliphatic rings. The molecular weight excluding hydrogens is 711 g/mol. The van der Waals surface area contributed by atoms with Gasteiger partial charge in [0.05, 0.1) is 29.4 Å². The minimum atomic E-state index is -2.01. The van der Waals surface area contributed by atoms with Crippen molar-refractivity contribution >= 4 is 22.3 Å². The number of hydrogen-bond acceptors (Lipinski definition) is 5. The van der Waals surface area contributed by atoms with E-state index in [1.54, 1.807) is 5.57 Å². The SMILES string of the molecule is C=C1C(=CC=C2CCC[C@]3(C)[C@@H]([C@H](C)C=C[C@@H](O)C4(C5NC(c6ccccc6)=CO5)CC4)CC[C@@H]23)C[C@@H](O[Si](C)(C)C(C)(C)C)C[C@@H]1O[Si](C)(C)C(C)(C)C. The average Bonchev–Trinajstić information content (AvgIpc) is 3.60. The van der Waals surface area contributed by atoms with E-state index in [4.69, 9.17) is 20.2 Å². The molecule has 1 unspecified atom stereocenters. The standard InChI is InChI=1S/C48H75NO4Si2/c1-33(21-26-43(50)48(28-29-48)44-49-41(32-51-44)36-18-15-14-16-19-36)39-24-25-40-35(20-17-27-47(39,40)9)22-23-37-30-38(52-54(10,11)45(3,4)5)31-42(34(37)2)53-55(12,13)46(6,7)8/h14-16,18-19,21-23,26,32-33,38-40,42-44,49-50H,2,17,20,24-25,27-31H2,1,3-13H3/t33-,38-,39-,40+,42+,43-,44?,47-/m1/s1. The van der Waals surface area contributed by atoms with Crippen LogP contribution >= 0.6 is 0 Å². The summed E-state index contributed by atoms with van der Waals surface area (Å²) in [6, 6.07) is 10.3. The van der Waals surface area contributed by atoms with Gasteiger partial charge in [-0.2, -0.15) is 0 Å². The van der Waals surface area contributed by atoms with Gasteiger partial charge in [0.2, 0.25) is 0 Å². The zero-order valence-corrected chi connectivity index (χ0v) is 38.6. The molecule has 4 aliphatic carbocycles. The summed E-state index contributed by atoms with van der Waals surface area (Å²) in [6.07, 6.45) is 20.5. The van der Waals surface area contributed by atoms with Crippen LogP contribution in [0.25, 0.3) is 5.70 Å². The summed E-state index contributed by atoms with van der Waals surface area (Å²) in [5, 5.41) is 15.4. The molecule has 0 spiro atoms. The van der Waals surface area contributed by atoms with E-state index in [0.29, 0.717) is 17.8 Å². The predicted molar refractivity (Wildman–Crippen MR) is 235 cm³/mol. The van der Waals surface area contributed by atoms with Gasteiger partial charge in [-0.15, -0.1) is 0 Å². The molecule has 0 amide bonds. The van der Waals surface area contributed by atoms with E-state index >= 15 is 0 Å². The Kier molecular flexibility index (Phi) is 12.0. The zero-order valence-electron chi connectivity index (χ0n) is 36.6. The first kappa shape index (κ1) is 42.4. The maximum absolute atomic E-state index is 11.6. The Morgan fingerprint density at radius 3 is 2.22 bits per heavy atom. The van der Waals surface area contributed by atoms with Crippen LogP contribution in [0.4, 0.5) is 0 Å². The first-order valence-corrected chi connectivity index (χ1v) is 27.4.